The molecule has 29 heavy (non-hydrogen) atoms. The molecular formula is C21H20Cl2F3NO2. The van der Waals surface area contributed by atoms with E-state index in [1.807, 2.05) is 26.0 Å². The smallest absolute Gasteiger partial charge is 0.416 e. The predicted octanol–water partition coefficient (Wildman–Crippen LogP) is 7.13. The lowest BCUT2D eigenvalue weighted by molar-refractivity contribution is -0.137. The van der Waals surface area contributed by atoms with Crippen molar-refractivity contribution in [3.8, 4) is 5.75 Å². The molecule has 156 valence electrons. The number of hydrogen-bond acceptors (Lipinski definition) is 3. The van der Waals surface area contributed by atoms with Gasteiger partial charge in [0, 0.05) is 5.56 Å². The molecule has 0 fully saturated rings. The van der Waals surface area contributed by atoms with E-state index < -0.39 is 17.8 Å². The van der Waals surface area contributed by atoms with Gasteiger partial charge in [-0.15, -0.1) is 0 Å². The van der Waals surface area contributed by atoms with Gasteiger partial charge < -0.3 is 9.57 Å². The Balaban J connectivity index is 2.07. The van der Waals surface area contributed by atoms with Crippen LogP contribution < -0.4 is 4.74 Å². The maximum absolute atomic E-state index is 12.8. The fourth-order valence-corrected chi connectivity index (χ4v) is 2.75. The Bertz CT molecular complexity index is 884. The molecule has 0 aliphatic rings. The van der Waals surface area contributed by atoms with Crippen molar-refractivity contribution in [1.29, 1.82) is 0 Å². The van der Waals surface area contributed by atoms with Gasteiger partial charge >= 0.3 is 6.18 Å². The van der Waals surface area contributed by atoms with Gasteiger partial charge in [-0.2, -0.15) is 13.2 Å². The summed E-state index contributed by atoms with van der Waals surface area (Å²) >= 11 is 11.1. The molecule has 1 atom stereocenters. The Labute approximate surface area is 177 Å². The molecule has 1 unspecified atom stereocenters. The number of benzene rings is 2. The van der Waals surface area contributed by atoms with E-state index in [1.165, 1.54) is 18.4 Å². The first-order valence-electron chi connectivity index (χ1n) is 8.69. The van der Waals surface area contributed by atoms with Gasteiger partial charge in [-0.1, -0.05) is 40.5 Å². The lowest BCUT2D eigenvalue weighted by Crippen LogP contribution is -2.06. The highest BCUT2D eigenvalue weighted by Gasteiger charge is 2.30. The van der Waals surface area contributed by atoms with E-state index in [9.17, 15) is 13.2 Å². The average Bonchev–Trinajstić information content (AvgIpc) is 2.63. The molecule has 2 aromatic carbocycles. The van der Waals surface area contributed by atoms with Crippen LogP contribution >= 0.6 is 23.2 Å². The summed E-state index contributed by atoms with van der Waals surface area (Å²) in [5.74, 6) is 0.654. The standard InChI is InChI=1S/C21H20Cl2F3NO2/c1-13-9-18(28-8-7-20(22)23)10-14(2)19(13)12-27-29-15(3)16-5-4-6-17(11-16)21(24,25)26/h4-7,9-12,15H,8H2,1-3H3. The number of oxime groups is 1. The molecule has 0 aliphatic heterocycles. The predicted molar refractivity (Wildman–Crippen MR) is 110 cm³/mol. The van der Waals surface area contributed by atoms with Gasteiger partial charge in [-0.3, -0.25) is 0 Å². The van der Waals surface area contributed by atoms with E-state index in [1.54, 1.807) is 13.0 Å². The second-order valence-electron chi connectivity index (χ2n) is 6.38. The minimum absolute atomic E-state index is 0.134. The molecule has 8 heteroatoms. The van der Waals surface area contributed by atoms with Crippen molar-refractivity contribution in [2.45, 2.75) is 33.1 Å². The van der Waals surface area contributed by atoms with Crippen LogP contribution in [0.15, 0.2) is 52.1 Å². The summed E-state index contributed by atoms with van der Waals surface area (Å²) in [5, 5.41) is 3.95. The van der Waals surface area contributed by atoms with Crippen LogP contribution in [0.3, 0.4) is 0 Å². The van der Waals surface area contributed by atoms with Crippen molar-refractivity contribution >= 4 is 29.4 Å². The number of nitrogens with zero attached hydrogens (tertiary/aromatic N) is 1. The highest BCUT2D eigenvalue weighted by Crippen LogP contribution is 2.31. The first-order valence-corrected chi connectivity index (χ1v) is 9.45. The van der Waals surface area contributed by atoms with Gasteiger partial charge in [-0.05, 0) is 67.8 Å². The van der Waals surface area contributed by atoms with E-state index in [-0.39, 0.29) is 11.1 Å². The van der Waals surface area contributed by atoms with Crippen LogP contribution in [0.2, 0.25) is 0 Å². The molecule has 0 radical (unpaired) electrons. The first-order chi connectivity index (χ1) is 13.6. The summed E-state index contributed by atoms with van der Waals surface area (Å²) in [6, 6.07) is 8.67. The molecule has 0 saturated carbocycles. The number of alkyl halides is 3. The maximum Gasteiger partial charge on any atom is 0.416 e. The zero-order valence-corrected chi connectivity index (χ0v) is 17.6. The van der Waals surface area contributed by atoms with Gasteiger partial charge in [0.15, 0.2) is 0 Å². The summed E-state index contributed by atoms with van der Waals surface area (Å²) in [5.41, 5.74) is 2.31. The van der Waals surface area contributed by atoms with Crippen molar-refractivity contribution in [3.05, 3.63) is 74.8 Å². The monoisotopic (exact) mass is 445 g/mol. The SMILES string of the molecule is Cc1cc(OCC=C(Cl)Cl)cc(C)c1C=NOC(C)c1cccc(C(F)(F)F)c1. The molecule has 0 heterocycles. The molecule has 0 spiro atoms. The zero-order chi connectivity index (χ0) is 21.6. The summed E-state index contributed by atoms with van der Waals surface area (Å²) < 4.78 is 44.2. The van der Waals surface area contributed by atoms with Crippen molar-refractivity contribution in [2.75, 3.05) is 6.61 Å². The summed E-state index contributed by atoms with van der Waals surface area (Å²) in [6.07, 6.45) is -1.97. The van der Waals surface area contributed by atoms with E-state index in [4.69, 9.17) is 32.8 Å². The molecule has 0 N–H and O–H groups in total. The molecule has 0 aromatic heterocycles. The Hall–Kier alpha value is -2.18. The van der Waals surface area contributed by atoms with Crippen LogP contribution in [-0.2, 0) is 11.0 Å². The fraction of sp³-hybridized carbons (Fsp3) is 0.286. The second kappa shape index (κ2) is 10.0. The molecular weight excluding hydrogens is 426 g/mol. The Morgan fingerprint density at radius 2 is 1.79 bits per heavy atom. The lowest BCUT2D eigenvalue weighted by atomic mass is 10.0. The molecule has 0 bridgehead atoms. The number of rotatable bonds is 7. The van der Waals surface area contributed by atoms with Crippen molar-refractivity contribution in [1.82, 2.24) is 0 Å². The van der Waals surface area contributed by atoms with Gasteiger partial charge in [0.25, 0.3) is 0 Å². The Morgan fingerprint density at radius 3 is 2.38 bits per heavy atom. The summed E-state index contributed by atoms with van der Waals surface area (Å²) in [6.45, 7) is 5.66. The molecule has 0 amide bonds. The Morgan fingerprint density at radius 1 is 1.14 bits per heavy atom. The van der Waals surface area contributed by atoms with Gasteiger partial charge in [0.1, 0.15) is 23.0 Å². The van der Waals surface area contributed by atoms with Crippen LogP contribution in [0, 0.1) is 13.8 Å². The lowest BCUT2D eigenvalue weighted by Gasteiger charge is -2.13. The topological polar surface area (TPSA) is 30.8 Å². The average molecular weight is 446 g/mol. The number of aryl methyl sites for hydroxylation is 2. The third kappa shape index (κ3) is 6.98. The van der Waals surface area contributed by atoms with E-state index in [0.717, 1.165) is 28.8 Å². The highest BCUT2D eigenvalue weighted by molar-refractivity contribution is 6.55. The highest BCUT2D eigenvalue weighted by atomic mass is 35.5. The largest absolute Gasteiger partial charge is 0.489 e. The molecule has 2 rings (SSSR count). The van der Waals surface area contributed by atoms with E-state index >= 15 is 0 Å². The number of halogens is 5. The fourth-order valence-electron chi connectivity index (χ4n) is 2.63. The van der Waals surface area contributed by atoms with Gasteiger partial charge in [0.2, 0.25) is 0 Å². The molecule has 0 aliphatic carbocycles. The maximum atomic E-state index is 12.8. The van der Waals surface area contributed by atoms with Crippen LogP contribution in [0.4, 0.5) is 13.2 Å². The van der Waals surface area contributed by atoms with Crippen molar-refractivity contribution < 1.29 is 22.7 Å². The third-order valence-corrected chi connectivity index (χ3v) is 4.45. The first kappa shape index (κ1) is 23.1. The number of hydrogen-bond donors (Lipinski definition) is 0. The van der Waals surface area contributed by atoms with E-state index in [2.05, 4.69) is 5.16 Å². The molecule has 0 saturated heterocycles. The zero-order valence-electron chi connectivity index (χ0n) is 16.1. The normalized spacial score (nSPS) is 12.7. The van der Waals surface area contributed by atoms with Gasteiger partial charge in [0.05, 0.1) is 11.8 Å². The molecule has 3 nitrogen and oxygen atoms in total. The van der Waals surface area contributed by atoms with Crippen LogP contribution in [-0.4, -0.2) is 12.8 Å². The van der Waals surface area contributed by atoms with Crippen LogP contribution in [0.5, 0.6) is 5.75 Å². The van der Waals surface area contributed by atoms with E-state index in [0.29, 0.717) is 11.3 Å². The van der Waals surface area contributed by atoms with Crippen LogP contribution in [0.1, 0.15) is 40.8 Å². The summed E-state index contributed by atoms with van der Waals surface area (Å²) in [4.78, 5) is 5.36. The number of ether oxygens (including phenoxy) is 1. The minimum atomic E-state index is -4.40. The second-order valence-corrected chi connectivity index (χ2v) is 7.39. The van der Waals surface area contributed by atoms with Crippen molar-refractivity contribution in [2.24, 2.45) is 5.16 Å². The molecule has 2 aromatic rings. The minimum Gasteiger partial charge on any atom is -0.489 e. The summed E-state index contributed by atoms with van der Waals surface area (Å²) in [7, 11) is 0. The quantitative estimate of drug-likeness (QED) is 0.335. The Kier molecular flexibility index (Phi) is 7.99. The third-order valence-electron chi connectivity index (χ3n) is 4.14. The van der Waals surface area contributed by atoms with Crippen LogP contribution in [0.25, 0.3) is 0 Å². The van der Waals surface area contributed by atoms with Crippen molar-refractivity contribution in [3.63, 3.8) is 0 Å². The van der Waals surface area contributed by atoms with Gasteiger partial charge in [-0.25, -0.2) is 0 Å².